The fraction of sp³-hybridized carbons (Fsp3) is 0.100. The van der Waals surface area contributed by atoms with Crippen LogP contribution in [-0.2, 0) is 11.3 Å². The molecule has 0 spiro atoms. The van der Waals surface area contributed by atoms with Crippen molar-refractivity contribution in [3.05, 3.63) is 89.4 Å². The molecule has 0 atom stereocenters. The largest absolute Gasteiger partial charge is 0.465 e. The van der Waals surface area contributed by atoms with Gasteiger partial charge in [-0.1, -0.05) is 51.0 Å². The SMILES string of the molecule is COC(=O)c1cccc(Cn2c(Cl)c(C=NNC(=O)c3ccc(Br)cc3)sc2=O)c1. The summed E-state index contributed by atoms with van der Waals surface area (Å²) < 4.78 is 6.93. The van der Waals surface area contributed by atoms with Crippen molar-refractivity contribution in [1.29, 1.82) is 0 Å². The summed E-state index contributed by atoms with van der Waals surface area (Å²) in [6.07, 6.45) is 1.33. The van der Waals surface area contributed by atoms with Crippen molar-refractivity contribution in [3.63, 3.8) is 0 Å². The number of hydrogen-bond donors (Lipinski definition) is 1. The minimum Gasteiger partial charge on any atom is -0.465 e. The van der Waals surface area contributed by atoms with Gasteiger partial charge in [0.15, 0.2) is 0 Å². The van der Waals surface area contributed by atoms with Gasteiger partial charge in [0.2, 0.25) is 0 Å². The fourth-order valence-electron chi connectivity index (χ4n) is 2.53. The van der Waals surface area contributed by atoms with E-state index >= 15 is 0 Å². The van der Waals surface area contributed by atoms with Crippen LogP contribution in [-0.4, -0.2) is 29.8 Å². The molecule has 30 heavy (non-hydrogen) atoms. The summed E-state index contributed by atoms with van der Waals surface area (Å²) >= 11 is 10.5. The number of rotatable bonds is 6. The van der Waals surface area contributed by atoms with E-state index in [1.165, 1.54) is 17.9 Å². The van der Waals surface area contributed by atoms with E-state index in [4.69, 9.17) is 16.3 Å². The number of nitrogens with one attached hydrogen (secondary N) is 1. The predicted octanol–water partition coefficient (Wildman–Crippen LogP) is 3.92. The van der Waals surface area contributed by atoms with Crippen LogP contribution in [0.4, 0.5) is 0 Å². The molecular weight excluding hydrogens is 494 g/mol. The molecule has 0 bridgehead atoms. The van der Waals surface area contributed by atoms with Gasteiger partial charge in [0.1, 0.15) is 5.15 Å². The molecular formula is C20H15BrClN3O4S. The molecule has 3 aromatic rings. The minimum absolute atomic E-state index is 0.179. The lowest BCUT2D eigenvalue weighted by molar-refractivity contribution is 0.0600. The lowest BCUT2D eigenvalue weighted by Gasteiger charge is -2.06. The molecule has 2 aromatic carbocycles. The quantitative estimate of drug-likeness (QED) is 0.310. The van der Waals surface area contributed by atoms with E-state index in [1.54, 1.807) is 48.5 Å². The highest BCUT2D eigenvalue weighted by Crippen LogP contribution is 2.19. The van der Waals surface area contributed by atoms with Gasteiger partial charge in [0, 0.05) is 10.0 Å². The topological polar surface area (TPSA) is 89.8 Å². The van der Waals surface area contributed by atoms with Crippen molar-refractivity contribution in [3.8, 4) is 0 Å². The molecule has 1 heterocycles. The van der Waals surface area contributed by atoms with Crippen molar-refractivity contribution >= 4 is 57.0 Å². The number of carbonyl (C=O) groups excluding carboxylic acids is 2. The summed E-state index contributed by atoms with van der Waals surface area (Å²) in [7, 11) is 1.30. The van der Waals surface area contributed by atoms with E-state index < -0.39 is 5.97 Å². The second-order valence-electron chi connectivity index (χ2n) is 6.01. The lowest BCUT2D eigenvalue weighted by atomic mass is 10.1. The molecule has 0 aliphatic rings. The Bertz CT molecular complexity index is 1170. The molecule has 0 aliphatic heterocycles. The number of ether oxygens (including phenoxy) is 1. The number of amides is 1. The van der Waals surface area contributed by atoms with Gasteiger partial charge in [-0.25, -0.2) is 10.2 Å². The first kappa shape index (κ1) is 21.9. The van der Waals surface area contributed by atoms with Crippen molar-refractivity contribution < 1.29 is 14.3 Å². The maximum Gasteiger partial charge on any atom is 0.337 e. The third-order valence-corrected chi connectivity index (χ3v) is 5.96. The average molecular weight is 509 g/mol. The smallest absolute Gasteiger partial charge is 0.337 e. The number of halogens is 2. The Morgan fingerprint density at radius 3 is 2.67 bits per heavy atom. The molecule has 0 saturated carbocycles. The first-order valence-corrected chi connectivity index (χ1v) is 10.5. The number of hydrogen-bond acceptors (Lipinski definition) is 6. The number of thiazole rings is 1. The molecule has 7 nitrogen and oxygen atoms in total. The van der Waals surface area contributed by atoms with Crippen LogP contribution < -0.4 is 10.3 Å². The summed E-state index contributed by atoms with van der Waals surface area (Å²) in [5.41, 5.74) is 3.94. The van der Waals surface area contributed by atoms with Gasteiger partial charge in [-0.3, -0.25) is 14.2 Å². The molecule has 1 amide bonds. The molecule has 154 valence electrons. The van der Waals surface area contributed by atoms with Crippen LogP contribution in [0, 0.1) is 0 Å². The van der Waals surface area contributed by atoms with Gasteiger partial charge in [-0.05, 0) is 42.0 Å². The number of carbonyl (C=O) groups is 2. The van der Waals surface area contributed by atoms with E-state index in [-0.39, 0.29) is 22.5 Å². The summed E-state index contributed by atoms with van der Waals surface area (Å²) in [6.45, 7) is 0.179. The average Bonchev–Trinajstić information content (AvgIpc) is 3.01. The first-order chi connectivity index (χ1) is 14.4. The van der Waals surface area contributed by atoms with E-state index in [9.17, 15) is 14.4 Å². The van der Waals surface area contributed by atoms with Gasteiger partial charge < -0.3 is 4.74 Å². The fourth-order valence-corrected chi connectivity index (χ4v) is 3.90. The van der Waals surface area contributed by atoms with Crippen LogP contribution >= 0.6 is 38.9 Å². The molecule has 0 radical (unpaired) electrons. The highest BCUT2D eigenvalue weighted by Gasteiger charge is 2.13. The Kier molecular flexibility index (Phi) is 7.20. The number of esters is 1. The summed E-state index contributed by atoms with van der Waals surface area (Å²) in [6, 6.07) is 13.5. The second kappa shape index (κ2) is 9.84. The minimum atomic E-state index is -0.463. The van der Waals surface area contributed by atoms with Gasteiger partial charge >= 0.3 is 10.8 Å². The van der Waals surface area contributed by atoms with Crippen molar-refractivity contribution in [2.45, 2.75) is 6.54 Å². The Morgan fingerprint density at radius 1 is 1.23 bits per heavy atom. The number of aromatic nitrogens is 1. The van der Waals surface area contributed by atoms with E-state index in [0.29, 0.717) is 21.6 Å². The summed E-state index contributed by atoms with van der Waals surface area (Å²) in [5.74, 6) is -0.851. The molecule has 0 saturated heterocycles. The molecule has 3 rings (SSSR count). The predicted molar refractivity (Wildman–Crippen MR) is 120 cm³/mol. The Morgan fingerprint density at radius 2 is 1.97 bits per heavy atom. The van der Waals surface area contributed by atoms with Crippen molar-refractivity contribution in [1.82, 2.24) is 9.99 Å². The van der Waals surface area contributed by atoms with E-state index in [1.807, 2.05) is 0 Å². The maximum absolute atomic E-state index is 12.3. The van der Waals surface area contributed by atoms with Gasteiger partial charge in [-0.2, -0.15) is 5.10 Å². The van der Waals surface area contributed by atoms with Gasteiger partial charge in [0.05, 0.1) is 30.3 Å². The molecule has 0 fully saturated rings. The highest BCUT2D eigenvalue weighted by molar-refractivity contribution is 9.10. The van der Waals surface area contributed by atoms with Crippen LogP contribution in [0.2, 0.25) is 5.15 Å². The van der Waals surface area contributed by atoms with Crippen LogP contribution in [0.15, 0.2) is 62.9 Å². The van der Waals surface area contributed by atoms with Crippen molar-refractivity contribution in [2.75, 3.05) is 7.11 Å². The van der Waals surface area contributed by atoms with Crippen LogP contribution in [0.1, 0.15) is 31.2 Å². The van der Waals surface area contributed by atoms with Gasteiger partial charge in [0.25, 0.3) is 5.91 Å². The van der Waals surface area contributed by atoms with Crippen molar-refractivity contribution in [2.24, 2.45) is 5.10 Å². The Labute approximate surface area is 189 Å². The highest BCUT2D eigenvalue weighted by atomic mass is 79.9. The third-order valence-electron chi connectivity index (χ3n) is 4.00. The molecule has 1 aromatic heterocycles. The number of methoxy groups -OCH3 is 1. The Balaban J connectivity index is 1.73. The zero-order valence-corrected chi connectivity index (χ0v) is 18.8. The summed E-state index contributed by atoms with van der Waals surface area (Å²) in [5, 5.41) is 4.08. The number of benzene rings is 2. The Hall–Kier alpha value is -2.75. The monoisotopic (exact) mass is 507 g/mol. The standard InChI is InChI=1S/C20H15BrClN3O4S/c1-29-19(27)14-4-2-3-12(9-14)11-25-17(22)16(30-20(25)28)10-23-24-18(26)13-5-7-15(21)8-6-13/h2-10H,11H2,1H3,(H,24,26). The summed E-state index contributed by atoms with van der Waals surface area (Å²) in [4.78, 5) is 36.2. The molecule has 0 aliphatic carbocycles. The zero-order valence-electron chi connectivity index (χ0n) is 15.6. The van der Waals surface area contributed by atoms with Crippen LogP contribution in [0.3, 0.4) is 0 Å². The molecule has 1 N–H and O–H groups in total. The van der Waals surface area contributed by atoms with Gasteiger partial charge in [-0.15, -0.1) is 0 Å². The lowest BCUT2D eigenvalue weighted by Crippen LogP contribution is -2.17. The molecule has 0 unspecified atom stereocenters. The molecule has 10 heteroatoms. The van der Waals surface area contributed by atoms with E-state index in [0.717, 1.165) is 15.8 Å². The third kappa shape index (κ3) is 5.24. The van der Waals surface area contributed by atoms with Crippen LogP contribution in [0.25, 0.3) is 0 Å². The number of nitrogens with zero attached hydrogens (tertiary/aromatic N) is 2. The first-order valence-electron chi connectivity index (χ1n) is 8.54. The second-order valence-corrected chi connectivity index (χ2v) is 8.27. The van der Waals surface area contributed by atoms with Crippen LogP contribution in [0.5, 0.6) is 0 Å². The zero-order chi connectivity index (χ0) is 21.7. The van der Waals surface area contributed by atoms with E-state index in [2.05, 4.69) is 26.5 Å². The number of hydrazone groups is 1. The maximum atomic E-state index is 12.3. The normalized spacial score (nSPS) is 10.9.